The topological polar surface area (TPSA) is 49.9 Å². The molecule has 1 aliphatic carbocycles. The van der Waals surface area contributed by atoms with E-state index < -0.39 is 0 Å². The molecule has 1 saturated carbocycles. The van der Waals surface area contributed by atoms with Gasteiger partial charge < -0.3 is 9.64 Å². The maximum absolute atomic E-state index is 13.6. The van der Waals surface area contributed by atoms with Crippen molar-refractivity contribution in [3.63, 3.8) is 0 Å². The summed E-state index contributed by atoms with van der Waals surface area (Å²) in [6.45, 7) is 4.27. The van der Waals surface area contributed by atoms with Gasteiger partial charge >= 0.3 is 0 Å². The van der Waals surface area contributed by atoms with Crippen LogP contribution in [0.25, 0.3) is 5.57 Å². The van der Waals surface area contributed by atoms with Crippen molar-refractivity contribution in [2.75, 3.05) is 19.7 Å². The number of imide groups is 1. The first kappa shape index (κ1) is 20.0. The van der Waals surface area contributed by atoms with Gasteiger partial charge in [-0.15, -0.1) is 0 Å². The maximum atomic E-state index is 13.6. The molecule has 2 aliphatic heterocycles. The van der Waals surface area contributed by atoms with Crippen LogP contribution in [0.5, 0.6) is 5.75 Å². The van der Waals surface area contributed by atoms with E-state index in [0.717, 1.165) is 62.9 Å². The fourth-order valence-electron chi connectivity index (χ4n) is 4.94. The third-order valence-corrected chi connectivity index (χ3v) is 6.41. The molecule has 4 rings (SSSR count). The summed E-state index contributed by atoms with van der Waals surface area (Å²) in [6.07, 6.45) is 9.79. The number of hydrogen-bond donors (Lipinski definition) is 0. The van der Waals surface area contributed by atoms with E-state index in [1.54, 1.807) is 4.90 Å². The van der Waals surface area contributed by atoms with Gasteiger partial charge in [0.2, 0.25) is 0 Å². The number of amides is 2. The van der Waals surface area contributed by atoms with Gasteiger partial charge in [-0.25, -0.2) is 0 Å². The molecule has 0 bridgehead atoms. The van der Waals surface area contributed by atoms with Crippen LogP contribution < -0.4 is 4.74 Å². The zero-order valence-electron chi connectivity index (χ0n) is 17.5. The molecule has 29 heavy (non-hydrogen) atoms. The fourth-order valence-corrected chi connectivity index (χ4v) is 4.94. The Labute approximate surface area is 173 Å². The molecule has 0 aromatic heterocycles. The third-order valence-electron chi connectivity index (χ3n) is 6.41. The second-order valence-electron chi connectivity index (χ2n) is 8.35. The van der Waals surface area contributed by atoms with Crippen LogP contribution >= 0.6 is 0 Å². The molecular weight excluding hydrogens is 364 g/mol. The second kappa shape index (κ2) is 9.02. The lowest BCUT2D eigenvalue weighted by atomic mass is 10.0. The van der Waals surface area contributed by atoms with E-state index in [2.05, 4.69) is 4.90 Å². The van der Waals surface area contributed by atoms with E-state index >= 15 is 0 Å². The highest BCUT2D eigenvalue weighted by Gasteiger charge is 2.44. The van der Waals surface area contributed by atoms with Crippen molar-refractivity contribution < 1.29 is 14.3 Å². The SMILES string of the molecule is CCOc1ccc(C2=C(N3CCCCC3)C(=O)N(C3CCCCCC3)C2=O)cc1. The molecule has 0 atom stereocenters. The quantitative estimate of drug-likeness (QED) is 0.548. The van der Waals surface area contributed by atoms with Gasteiger partial charge in [0.15, 0.2) is 0 Å². The summed E-state index contributed by atoms with van der Waals surface area (Å²) in [5.41, 5.74) is 2.04. The summed E-state index contributed by atoms with van der Waals surface area (Å²) in [7, 11) is 0. The minimum absolute atomic E-state index is 0.0393. The molecule has 1 aromatic rings. The van der Waals surface area contributed by atoms with Crippen LogP contribution in [0.2, 0.25) is 0 Å². The Morgan fingerprint density at radius 3 is 2.10 bits per heavy atom. The minimum Gasteiger partial charge on any atom is -0.494 e. The first-order valence-electron chi connectivity index (χ1n) is 11.3. The van der Waals surface area contributed by atoms with Gasteiger partial charge in [-0.1, -0.05) is 37.8 Å². The van der Waals surface area contributed by atoms with Crippen molar-refractivity contribution in [2.24, 2.45) is 0 Å². The van der Waals surface area contributed by atoms with Crippen molar-refractivity contribution in [2.45, 2.75) is 70.8 Å². The second-order valence-corrected chi connectivity index (χ2v) is 8.35. The Morgan fingerprint density at radius 2 is 1.48 bits per heavy atom. The summed E-state index contributed by atoms with van der Waals surface area (Å²) in [4.78, 5) is 30.9. The smallest absolute Gasteiger partial charge is 0.278 e. The fraction of sp³-hybridized carbons (Fsp3) is 0.583. The molecule has 0 unspecified atom stereocenters. The minimum atomic E-state index is -0.105. The van der Waals surface area contributed by atoms with Gasteiger partial charge in [0.05, 0.1) is 12.2 Å². The highest BCUT2D eigenvalue weighted by Crippen LogP contribution is 2.37. The van der Waals surface area contributed by atoms with Crippen molar-refractivity contribution in [1.82, 2.24) is 9.80 Å². The van der Waals surface area contributed by atoms with Crippen LogP contribution in [-0.2, 0) is 9.59 Å². The van der Waals surface area contributed by atoms with E-state index in [-0.39, 0.29) is 17.9 Å². The van der Waals surface area contributed by atoms with Crippen molar-refractivity contribution >= 4 is 17.4 Å². The first-order chi connectivity index (χ1) is 14.2. The van der Waals surface area contributed by atoms with Gasteiger partial charge in [-0.3, -0.25) is 14.5 Å². The molecule has 2 fully saturated rings. The Bertz CT molecular complexity index is 770. The lowest BCUT2D eigenvalue weighted by Gasteiger charge is -2.31. The predicted molar refractivity (Wildman–Crippen MR) is 113 cm³/mol. The molecule has 156 valence electrons. The number of likely N-dealkylation sites (tertiary alicyclic amines) is 1. The number of rotatable bonds is 5. The predicted octanol–water partition coefficient (Wildman–Crippen LogP) is 4.37. The highest BCUT2D eigenvalue weighted by molar-refractivity contribution is 6.35. The van der Waals surface area contributed by atoms with E-state index in [0.29, 0.717) is 17.9 Å². The standard InChI is InChI=1S/C24H32N2O3/c1-2-29-20-14-12-18(13-15-20)21-22(25-16-8-5-9-17-25)24(28)26(23(21)27)19-10-6-3-4-7-11-19/h12-15,19H,2-11,16-17H2,1H3. The number of ether oxygens (including phenoxy) is 1. The van der Waals surface area contributed by atoms with Gasteiger partial charge in [0, 0.05) is 19.1 Å². The lowest BCUT2D eigenvalue weighted by Crippen LogP contribution is -2.43. The Kier molecular flexibility index (Phi) is 6.22. The van der Waals surface area contributed by atoms with Crippen molar-refractivity contribution in [1.29, 1.82) is 0 Å². The zero-order chi connectivity index (χ0) is 20.2. The molecular formula is C24H32N2O3. The maximum Gasteiger partial charge on any atom is 0.278 e. The van der Waals surface area contributed by atoms with Gasteiger partial charge in [0.1, 0.15) is 11.4 Å². The molecule has 1 saturated heterocycles. The lowest BCUT2D eigenvalue weighted by molar-refractivity contribution is -0.140. The van der Waals surface area contributed by atoms with Crippen LogP contribution in [0.3, 0.4) is 0 Å². The zero-order valence-corrected chi connectivity index (χ0v) is 17.5. The molecule has 1 aromatic carbocycles. The number of carbonyl (C=O) groups is 2. The van der Waals surface area contributed by atoms with Crippen LogP contribution in [0.15, 0.2) is 30.0 Å². The third kappa shape index (κ3) is 4.05. The van der Waals surface area contributed by atoms with Crippen LogP contribution in [0.1, 0.15) is 70.3 Å². The number of hydrogen-bond acceptors (Lipinski definition) is 4. The van der Waals surface area contributed by atoms with Gasteiger partial charge in [-0.05, 0) is 56.7 Å². The monoisotopic (exact) mass is 396 g/mol. The largest absolute Gasteiger partial charge is 0.494 e. The number of piperidine rings is 1. The van der Waals surface area contributed by atoms with Crippen LogP contribution in [0.4, 0.5) is 0 Å². The Hall–Kier alpha value is -2.30. The molecule has 2 heterocycles. The summed E-state index contributed by atoms with van der Waals surface area (Å²) in [5, 5.41) is 0. The summed E-state index contributed by atoms with van der Waals surface area (Å²) in [6, 6.07) is 7.67. The Balaban J connectivity index is 1.70. The number of benzene rings is 1. The molecule has 0 spiro atoms. The molecule has 0 radical (unpaired) electrons. The molecule has 5 heteroatoms. The molecule has 5 nitrogen and oxygen atoms in total. The molecule has 2 amide bonds. The van der Waals surface area contributed by atoms with Crippen LogP contribution in [-0.4, -0.2) is 47.4 Å². The van der Waals surface area contributed by atoms with E-state index in [9.17, 15) is 9.59 Å². The van der Waals surface area contributed by atoms with Crippen LogP contribution in [0, 0.1) is 0 Å². The normalized spacial score (nSPS) is 21.7. The summed E-state index contributed by atoms with van der Waals surface area (Å²) >= 11 is 0. The van der Waals surface area contributed by atoms with Gasteiger partial charge in [0.25, 0.3) is 11.8 Å². The molecule has 0 N–H and O–H groups in total. The van der Waals surface area contributed by atoms with Gasteiger partial charge in [-0.2, -0.15) is 0 Å². The summed E-state index contributed by atoms with van der Waals surface area (Å²) in [5.74, 6) is 0.605. The van der Waals surface area contributed by atoms with E-state index in [1.807, 2.05) is 31.2 Å². The molecule has 3 aliphatic rings. The van der Waals surface area contributed by atoms with E-state index in [4.69, 9.17) is 4.74 Å². The summed E-state index contributed by atoms with van der Waals surface area (Å²) < 4.78 is 5.56. The highest BCUT2D eigenvalue weighted by atomic mass is 16.5. The Morgan fingerprint density at radius 1 is 0.862 bits per heavy atom. The van der Waals surface area contributed by atoms with Crippen molar-refractivity contribution in [3.8, 4) is 5.75 Å². The first-order valence-corrected chi connectivity index (χ1v) is 11.3. The average Bonchev–Trinajstić information content (AvgIpc) is 2.91. The number of nitrogens with zero attached hydrogens (tertiary/aromatic N) is 2. The van der Waals surface area contributed by atoms with E-state index in [1.165, 1.54) is 19.3 Å². The van der Waals surface area contributed by atoms with Crippen molar-refractivity contribution in [3.05, 3.63) is 35.5 Å². The number of carbonyl (C=O) groups excluding carboxylic acids is 2. The average molecular weight is 397 g/mol.